The standard InChI is InChI=1S/C28H32O8.C20H20O6.C4H8O2.4C2H6.2CH4.HI/c1-3-5-25(29)33-21-11-15-23(16-12-21)35-27(31)19-7-9-20(10-8-19)28(32)36-24-17-13-22(14-18-24)34-26(30)6-4-2;21-15-5-9-17(10-6-15)25-19(23)13-1-2-14(4-3-13)20(24)26-18-11-7-16(22)8-12-18;1-2-3-4(5)6;4*1-2;;;/h11-20H,3-10H2,1-2H3;5-14,21-22H,1-4H2;2-3H2,1H3,(H,5,6);4*1-2H3;2*1H4;1H. The van der Waals surface area contributed by atoms with E-state index in [-0.39, 0.29) is 110 Å². The summed E-state index contributed by atoms with van der Waals surface area (Å²) in [4.78, 5) is 82.3. The van der Waals surface area contributed by atoms with Crippen molar-refractivity contribution in [1.82, 2.24) is 0 Å². The molecule has 0 heterocycles. The van der Waals surface area contributed by atoms with Gasteiger partial charge in [0.1, 0.15) is 46.0 Å². The molecule has 0 bridgehead atoms. The van der Waals surface area contributed by atoms with E-state index >= 15 is 0 Å². The quantitative estimate of drug-likeness (QED) is 0.0537. The van der Waals surface area contributed by atoms with E-state index in [0.29, 0.717) is 118 Å². The van der Waals surface area contributed by atoms with Crippen LogP contribution in [0.3, 0.4) is 0 Å². The third kappa shape index (κ3) is 32.9. The number of carbonyl (C=O) groups is 7. The van der Waals surface area contributed by atoms with Gasteiger partial charge in [0, 0.05) is 19.3 Å². The van der Waals surface area contributed by atoms with E-state index in [1.807, 2.05) is 76.2 Å². The van der Waals surface area contributed by atoms with Gasteiger partial charge in [-0.1, -0.05) is 91.0 Å². The molecule has 0 saturated heterocycles. The molecule has 0 amide bonds. The lowest BCUT2D eigenvalue weighted by Crippen LogP contribution is -2.30. The Morgan fingerprint density at radius 2 is 0.532 bits per heavy atom. The predicted octanol–water partition coefficient (Wildman–Crippen LogP) is 15.7. The SMILES string of the molecule is C.C.CC.CC.CC.CC.CCCC(=O)O.CCCC(=O)Oc1ccc(OC(=O)C2CCC(C(=O)Oc3ccc(OC(=O)CCC)cc3)CC2)cc1.I.O=C(Oc1ccc(O)cc1)C1CCC(C(=O)Oc2ccc(O)cc2)CC1. The Morgan fingerprint density at radius 1 is 0.354 bits per heavy atom. The number of esters is 6. The first-order valence-electron chi connectivity index (χ1n) is 26.9. The van der Waals surface area contributed by atoms with Gasteiger partial charge in [0.15, 0.2) is 0 Å². The zero-order chi connectivity index (χ0) is 57.4. The smallest absolute Gasteiger partial charge is 0.314 e. The second-order valence-corrected chi connectivity index (χ2v) is 16.3. The minimum absolute atomic E-state index is 0. The molecule has 0 aliphatic heterocycles. The average molecular weight is 1220 g/mol. The van der Waals surface area contributed by atoms with E-state index in [1.165, 1.54) is 48.5 Å². The van der Waals surface area contributed by atoms with Crippen molar-refractivity contribution < 1.29 is 77.3 Å². The third-order valence-electron chi connectivity index (χ3n) is 10.8. The van der Waals surface area contributed by atoms with Crippen LogP contribution in [0.25, 0.3) is 0 Å². The number of benzene rings is 4. The van der Waals surface area contributed by atoms with Gasteiger partial charge in [-0.3, -0.25) is 33.6 Å². The number of carboxylic acids is 1. The van der Waals surface area contributed by atoms with Crippen LogP contribution in [0.1, 0.15) is 181 Å². The van der Waals surface area contributed by atoms with Crippen molar-refractivity contribution in [3.05, 3.63) is 97.1 Å². The summed E-state index contributed by atoms with van der Waals surface area (Å²) in [5, 5.41) is 26.4. The molecule has 2 saturated carbocycles. The van der Waals surface area contributed by atoms with E-state index in [0.717, 1.165) is 6.42 Å². The molecule has 2 aliphatic carbocycles. The fraction of sp³-hybridized carbons (Fsp3) is 0.500. The van der Waals surface area contributed by atoms with Crippen LogP contribution in [-0.4, -0.2) is 57.1 Å². The minimum Gasteiger partial charge on any atom is -0.508 e. The largest absolute Gasteiger partial charge is 0.508 e. The number of phenolic OH excluding ortho intramolecular Hbond substituents is 2. The molecular weight excluding hydrogens is 1130 g/mol. The molecule has 0 unspecified atom stereocenters. The lowest BCUT2D eigenvalue weighted by molar-refractivity contribution is -0.145. The van der Waals surface area contributed by atoms with Gasteiger partial charge in [0.2, 0.25) is 0 Å². The van der Waals surface area contributed by atoms with E-state index in [9.17, 15) is 43.8 Å². The molecule has 3 N–H and O–H groups in total. The zero-order valence-corrected chi connectivity index (χ0v) is 49.3. The third-order valence-corrected chi connectivity index (χ3v) is 10.8. The summed E-state index contributed by atoms with van der Waals surface area (Å²) in [5.74, 6) is -1.18. The number of halogens is 1. The Kier molecular flexibility index (Phi) is 47.5. The first-order chi connectivity index (χ1) is 36.6. The molecule has 2 aliphatic rings. The summed E-state index contributed by atoms with van der Waals surface area (Å²) in [5.41, 5.74) is 0. The van der Waals surface area contributed by atoms with Crippen molar-refractivity contribution in [3.63, 3.8) is 0 Å². The van der Waals surface area contributed by atoms with Gasteiger partial charge in [-0.2, -0.15) is 0 Å². The summed E-state index contributed by atoms with van der Waals surface area (Å²) in [6.07, 6.45) is 7.47. The maximum absolute atomic E-state index is 12.6. The maximum atomic E-state index is 12.6. The van der Waals surface area contributed by atoms with Crippen molar-refractivity contribution in [2.75, 3.05) is 0 Å². The first kappa shape index (κ1) is 79.0. The van der Waals surface area contributed by atoms with Crippen LogP contribution < -0.4 is 28.4 Å². The highest BCUT2D eigenvalue weighted by atomic mass is 127. The topological polar surface area (TPSA) is 236 Å². The van der Waals surface area contributed by atoms with E-state index < -0.39 is 5.97 Å². The number of ether oxygens (including phenoxy) is 6. The normalized spacial score (nSPS) is 15.1. The number of aliphatic carboxylic acids is 1. The molecule has 6 rings (SSSR count). The van der Waals surface area contributed by atoms with Crippen molar-refractivity contribution in [2.24, 2.45) is 23.7 Å². The molecule has 0 aromatic heterocycles. The van der Waals surface area contributed by atoms with Gasteiger partial charge in [0.25, 0.3) is 0 Å². The Morgan fingerprint density at radius 3 is 0.696 bits per heavy atom. The molecule has 4 aromatic carbocycles. The van der Waals surface area contributed by atoms with Crippen molar-refractivity contribution in [1.29, 1.82) is 0 Å². The van der Waals surface area contributed by atoms with Gasteiger partial charge in [-0.15, -0.1) is 24.0 Å². The highest BCUT2D eigenvalue weighted by Gasteiger charge is 2.33. The van der Waals surface area contributed by atoms with Crippen molar-refractivity contribution in [2.45, 2.75) is 181 Å². The Bertz CT molecular complexity index is 2090. The summed E-state index contributed by atoms with van der Waals surface area (Å²) in [6, 6.07) is 24.7. The van der Waals surface area contributed by atoms with Crippen molar-refractivity contribution >= 4 is 65.8 Å². The number of rotatable bonds is 16. The number of aromatic hydroxyl groups is 2. The molecule has 17 heteroatoms. The second kappa shape index (κ2) is 47.5. The highest BCUT2D eigenvalue weighted by molar-refractivity contribution is 14.0. The summed E-state index contributed by atoms with van der Waals surface area (Å²) < 4.78 is 32.0. The van der Waals surface area contributed by atoms with Crippen LogP contribution in [0.5, 0.6) is 46.0 Å². The van der Waals surface area contributed by atoms with Crippen LogP contribution in [0.2, 0.25) is 0 Å². The molecular formula is C62H93IO16. The van der Waals surface area contributed by atoms with Crippen LogP contribution in [-0.2, 0) is 33.6 Å². The zero-order valence-electron chi connectivity index (χ0n) is 47.0. The first-order valence-corrected chi connectivity index (χ1v) is 26.9. The summed E-state index contributed by atoms with van der Waals surface area (Å²) in [7, 11) is 0. The van der Waals surface area contributed by atoms with Gasteiger partial charge >= 0.3 is 41.8 Å². The molecule has 0 spiro atoms. The van der Waals surface area contributed by atoms with E-state index in [1.54, 1.807) is 48.5 Å². The predicted molar refractivity (Wildman–Crippen MR) is 320 cm³/mol. The van der Waals surface area contributed by atoms with E-state index in [4.69, 9.17) is 33.5 Å². The lowest BCUT2D eigenvalue weighted by atomic mass is 9.82. The van der Waals surface area contributed by atoms with Gasteiger partial charge in [-0.05, 0) is 168 Å². The van der Waals surface area contributed by atoms with E-state index in [2.05, 4.69) is 0 Å². The van der Waals surface area contributed by atoms with Gasteiger partial charge in [-0.25, -0.2) is 0 Å². The van der Waals surface area contributed by atoms with Crippen LogP contribution in [0, 0.1) is 23.7 Å². The number of carbonyl (C=O) groups excluding carboxylic acids is 6. The summed E-state index contributed by atoms with van der Waals surface area (Å²) in [6.45, 7) is 21.6. The molecule has 79 heavy (non-hydrogen) atoms. The fourth-order valence-corrected chi connectivity index (χ4v) is 7.09. The molecule has 0 atom stereocenters. The monoisotopic (exact) mass is 1220 g/mol. The Balaban J connectivity index is -0.000000575. The Labute approximate surface area is 488 Å². The van der Waals surface area contributed by atoms with Crippen LogP contribution in [0.4, 0.5) is 0 Å². The van der Waals surface area contributed by atoms with Crippen LogP contribution >= 0.6 is 24.0 Å². The van der Waals surface area contributed by atoms with Crippen molar-refractivity contribution in [3.8, 4) is 46.0 Å². The highest BCUT2D eigenvalue weighted by Crippen LogP contribution is 2.33. The Hall–Kier alpha value is -6.50. The summed E-state index contributed by atoms with van der Waals surface area (Å²) >= 11 is 0. The molecule has 0 radical (unpaired) electrons. The number of hydrogen-bond donors (Lipinski definition) is 3. The van der Waals surface area contributed by atoms with Gasteiger partial charge < -0.3 is 43.7 Å². The minimum atomic E-state index is -0.711. The average Bonchev–Trinajstić information content (AvgIpc) is 3.44. The number of hydrogen-bond acceptors (Lipinski definition) is 15. The van der Waals surface area contributed by atoms with Gasteiger partial charge in [0.05, 0.1) is 23.7 Å². The molecule has 4 aromatic rings. The van der Waals surface area contributed by atoms with Crippen LogP contribution in [0.15, 0.2) is 97.1 Å². The number of phenols is 2. The molecule has 2 fully saturated rings. The maximum Gasteiger partial charge on any atom is 0.314 e. The molecule has 16 nitrogen and oxygen atoms in total. The fourth-order valence-electron chi connectivity index (χ4n) is 7.09. The lowest BCUT2D eigenvalue weighted by Gasteiger charge is -2.25. The second-order valence-electron chi connectivity index (χ2n) is 16.3. The number of carboxylic acid groups (broad SMARTS) is 1. The molecule has 444 valence electrons.